The van der Waals surface area contributed by atoms with Crippen LogP contribution in [0.3, 0.4) is 0 Å². The van der Waals surface area contributed by atoms with Gasteiger partial charge in [0.05, 0.1) is 6.54 Å². The van der Waals surface area contributed by atoms with Gasteiger partial charge in [-0.05, 0) is 13.5 Å². The molecule has 2 N–H and O–H groups in total. The second kappa shape index (κ2) is 5.59. The Bertz CT molecular complexity index is 218. The third kappa shape index (κ3) is 3.33. The summed E-state index contributed by atoms with van der Waals surface area (Å²) in [5, 5.41) is 5.67. The standard InChI is InChI=1S/C9H17N3O2/c1-10-4-5-11-8(13)7-12-6-2-3-9(12)14/h10H,2-7H2,1H3,(H,11,13). The summed E-state index contributed by atoms with van der Waals surface area (Å²) in [6, 6.07) is 0. The number of amides is 2. The smallest absolute Gasteiger partial charge is 0.239 e. The van der Waals surface area contributed by atoms with Gasteiger partial charge in [-0.15, -0.1) is 0 Å². The van der Waals surface area contributed by atoms with Gasteiger partial charge in [-0.1, -0.05) is 0 Å². The van der Waals surface area contributed by atoms with E-state index in [2.05, 4.69) is 10.6 Å². The lowest BCUT2D eigenvalue weighted by atomic mass is 10.4. The molecule has 0 atom stereocenters. The van der Waals surface area contributed by atoms with Crippen LogP contribution in [0.25, 0.3) is 0 Å². The lowest BCUT2D eigenvalue weighted by molar-refractivity contribution is -0.133. The summed E-state index contributed by atoms with van der Waals surface area (Å²) in [6.45, 7) is 2.29. The van der Waals surface area contributed by atoms with E-state index in [1.165, 1.54) is 0 Å². The van der Waals surface area contributed by atoms with Crippen molar-refractivity contribution < 1.29 is 9.59 Å². The highest BCUT2D eigenvalue weighted by Crippen LogP contribution is 2.08. The summed E-state index contributed by atoms with van der Waals surface area (Å²) in [5.74, 6) is 0.0178. The molecule has 0 saturated carbocycles. The highest BCUT2D eigenvalue weighted by Gasteiger charge is 2.21. The van der Waals surface area contributed by atoms with Crippen molar-refractivity contribution in [3.05, 3.63) is 0 Å². The second-order valence-corrected chi connectivity index (χ2v) is 3.37. The number of carbonyl (C=O) groups is 2. The van der Waals surface area contributed by atoms with E-state index in [9.17, 15) is 9.59 Å². The van der Waals surface area contributed by atoms with Gasteiger partial charge in [-0.2, -0.15) is 0 Å². The van der Waals surface area contributed by atoms with Gasteiger partial charge in [0, 0.05) is 26.1 Å². The van der Waals surface area contributed by atoms with Crippen LogP contribution < -0.4 is 10.6 Å². The fourth-order valence-electron chi connectivity index (χ4n) is 1.43. The average molecular weight is 199 g/mol. The minimum Gasteiger partial charge on any atom is -0.353 e. The van der Waals surface area contributed by atoms with Gasteiger partial charge in [-0.3, -0.25) is 9.59 Å². The van der Waals surface area contributed by atoms with Gasteiger partial charge in [0.25, 0.3) is 0 Å². The summed E-state index contributed by atoms with van der Waals surface area (Å²) < 4.78 is 0. The molecule has 0 aliphatic carbocycles. The van der Waals surface area contributed by atoms with Crippen molar-refractivity contribution in [2.75, 3.05) is 33.2 Å². The van der Waals surface area contributed by atoms with E-state index < -0.39 is 0 Å². The fourth-order valence-corrected chi connectivity index (χ4v) is 1.43. The first-order chi connectivity index (χ1) is 6.74. The predicted octanol–water partition coefficient (Wildman–Crippen LogP) is -1.06. The molecule has 1 saturated heterocycles. The first kappa shape index (κ1) is 11.0. The van der Waals surface area contributed by atoms with Crippen LogP contribution in [-0.4, -0.2) is 49.9 Å². The summed E-state index contributed by atoms with van der Waals surface area (Å²) >= 11 is 0. The topological polar surface area (TPSA) is 61.4 Å². The van der Waals surface area contributed by atoms with Gasteiger partial charge in [0.15, 0.2) is 0 Å². The minimum absolute atomic E-state index is 0.0736. The molecule has 0 spiro atoms. The molecule has 1 aliphatic heterocycles. The quantitative estimate of drug-likeness (QED) is 0.555. The molecule has 5 heteroatoms. The maximum atomic E-state index is 11.3. The van der Waals surface area contributed by atoms with Crippen LogP contribution in [0, 0.1) is 0 Å². The maximum absolute atomic E-state index is 11.3. The molecular weight excluding hydrogens is 182 g/mol. The van der Waals surface area contributed by atoms with Crippen LogP contribution in [0.15, 0.2) is 0 Å². The van der Waals surface area contributed by atoms with Crippen LogP contribution >= 0.6 is 0 Å². The van der Waals surface area contributed by atoms with Gasteiger partial charge < -0.3 is 15.5 Å². The SMILES string of the molecule is CNCCNC(=O)CN1CCCC1=O. The molecule has 0 aromatic rings. The molecule has 80 valence electrons. The van der Waals surface area contributed by atoms with Gasteiger partial charge in [-0.25, -0.2) is 0 Å². The Balaban J connectivity index is 2.16. The molecule has 0 aromatic carbocycles. The van der Waals surface area contributed by atoms with Crippen LogP contribution in [0.4, 0.5) is 0 Å². The average Bonchev–Trinajstić information content (AvgIpc) is 2.52. The first-order valence-corrected chi connectivity index (χ1v) is 4.93. The van der Waals surface area contributed by atoms with Crippen molar-refractivity contribution in [2.45, 2.75) is 12.8 Å². The normalized spacial score (nSPS) is 16.1. The number of nitrogens with one attached hydrogen (secondary N) is 2. The molecule has 2 amide bonds. The number of likely N-dealkylation sites (tertiary alicyclic amines) is 1. The maximum Gasteiger partial charge on any atom is 0.239 e. The number of nitrogens with zero attached hydrogens (tertiary/aromatic N) is 1. The monoisotopic (exact) mass is 199 g/mol. The molecule has 1 rings (SSSR count). The van der Waals surface area contributed by atoms with Crippen molar-refractivity contribution >= 4 is 11.8 Å². The highest BCUT2D eigenvalue weighted by molar-refractivity contribution is 5.85. The molecule has 1 heterocycles. The van der Waals surface area contributed by atoms with Crippen molar-refractivity contribution in [1.82, 2.24) is 15.5 Å². The fraction of sp³-hybridized carbons (Fsp3) is 0.778. The predicted molar refractivity (Wildman–Crippen MR) is 52.8 cm³/mol. The van der Waals surface area contributed by atoms with E-state index >= 15 is 0 Å². The first-order valence-electron chi connectivity index (χ1n) is 4.93. The van der Waals surface area contributed by atoms with E-state index in [0.717, 1.165) is 19.5 Å². The molecule has 0 unspecified atom stereocenters. The molecule has 0 bridgehead atoms. The van der Waals surface area contributed by atoms with Gasteiger partial charge in [0.2, 0.25) is 11.8 Å². The van der Waals surface area contributed by atoms with E-state index in [0.29, 0.717) is 13.0 Å². The van der Waals surface area contributed by atoms with Crippen LogP contribution in [-0.2, 0) is 9.59 Å². The van der Waals surface area contributed by atoms with E-state index in [4.69, 9.17) is 0 Å². The molecule has 1 aliphatic rings. The van der Waals surface area contributed by atoms with Crippen molar-refractivity contribution in [2.24, 2.45) is 0 Å². The zero-order chi connectivity index (χ0) is 10.4. The summed E-state index contributed by atoms with van der Waals surface area (Å²) in [6.07, 6.45) is 1.46. The van der Waals surface area contributed by atoms with E-state index in [-0.39, 0.29) is 18.4 Å². The summed E-state index contributed by atoms with van der Waals surface area (Å²) in [5.41, 5.74) is 0. The van der Waals surface area contributed by atoms with Gasteiger partial charge >= 0.3 is 0 Å². The second-order valence-electron chi connectivity index (χ2n) is 3.37. The van der Waals surface area contributed by atoms with Crippen LogP contribution in [0.5, 0.6) is 0 Å². The molecule has 5 nitrogen and oxygen atoms in total. The van der Waals surface area contributed by atoms with E-state index in [1.54, 1.807) is 4.90 Å². The summed E-state index contributed by atoms with van der Waals surface area (Å²) in [4.78, 5) is 24.1. The lowest BCUT2D eigenvalue weighted by Crippen LogP contribution is -2.39. The molecule has 14 heavy (non-hydrogen) atoms. The van der Waals surface area contributed by atoms with Crippen molar-refractivity contribution in [3.63, 3.8) is 0 Å². The number of carbonyl (C=O) groups excluding carboxylic acids is 2. The van der Waals surface area contributed by atoms with Crippen LogP contribution in [0.2, 0.25) is 0 Å². The number of hydrogen-bond donors (Lipinski definition) is 2. The molecule has 1 fully saturated rings. The molecular formula is C9H17N3O2. The largest absolute Gasteiger partial charge is 0.353 e. The minimum atomic E-state index is -0.0736. The van der Waals surface area contributed by atoms with Crippen molar-refractivity contribution in [1.29, 1.82) is 0 Å². The Hall–Kier alpha value is -1.10. The zero-order valence-corrected chi connectivity index (χ0v) is 8.51. The van der Waals surface area contributed by atoms with Crippen molar-refractivity contribution in [3.8, 4) is 0 Å². The number of rotatable bonds is 5. The number of hydrogen-bond acceptors (Lipinski definition) is 3. The Morgan fingerprint density at radius 3 is 2.86 bits per heavy atom. The molecule has 0 aromatic heterocycles. The Labute approximate surface area is 83.8 Å². The third-order valence-corrected chi connectivity index (χ3v) is 2.20. The highest BCUT2D eigenvalue weighted by atomic mass is 16.2. The Morgan fingerprint density at radius 2 is 2.29 bits per heavy atom. The van der Waals surface area contributed by atoms with E-state index in [1.807, 2.05) is 7.05 Å². The Kier molecular flexibility index (Phi) is 4.39. The molecule has 0 radical (unpaired) electrons. The number of likely N-dealkylation sites (N-methyl/N-ethyl adjacent to an activating group) is 1. The Morgan fingerprint density at radius 1 is 1.50 bits per heavy atom. The van der Waals surface area contributed by atoms with Gasteiger partial charge in [0.1, 0.15) is 0 Å². The summed E-state index contributed by atoms with van der Waals surface area (Å²) in [7, 11) is 1.83. The lowest BCUT2D eigenvalue weighted by Gasteiger charge is -2.14. The zero-order valence-electron chi connectivity index (χ0n) is 8.51. The third-order valence-electron chi connectivity index (χ3n) is 2.20. The van der Waals surface area contributed by atoms with Crippen LogP contribution in [0.1, 0.15) is 12.8 Å².